The fraction of sp³-hybridized carbons (Fsp3) is 0.172. The largest absolute Gasteiger partial charge is 0.451 e. The molecule has 0 aliphatic rings. The van der Waals surface area contributed by atoms with Gasteiger partial charge in [-0.1, -0.05) is 35.4 Å². The van der Waals surface area contributed by atoms with Gasteiger partial charge in [-0.15, -0.1) is 0 Å². The Morgan fingerprint density at radius 1 is 0.921 bits per heavy atom. The molecule has 0 aliphatic carbocycles. The summed E-state index contributed by atoms with van der Waals surface area (Å²) < 4.78 is 35.6. The molecule has 1 heterocycles. The minimum absolute atomic E-state index is 0.0167. The van der Waals surface area contributed by atoms with Gasteiger partial charge in [-0.25, -0.2) is 13.2 Å². The number of benzene rings is 3. The van der Waals surface area contributed by atoms with Crippen LogP contribution in [-0.2, 0) is 14.8 Å². The molecule has 4 aromatic rings. The van der Waals surface area contributed by atoms with Crippen molar-refractivity contribution in [3.63, 3.8) is 0 Å². The molecule has 0 saturated carbocycles. The molecule has 1 N–H and O–H groups in total. The van der Waals surface area contributed by atoms with E-state index in [2.05, 4.69) is 4.72 Å². The first-order valence-corrected chi connectivity index (χ1v) is 13.7. The Bertz CT molecular complexity index is 1610. The number of carbonyl (C=O) groups is 2. The Hall–Kier alpha value is -3.88. The van der Waals surface area contributed by atoms with E-state index in [1.807, 2.05) is 37.5 Å². The average Bonchev–Trinajstić information content (AvgIpc) is 3.19. The molecule has 1 aromatic heterocycles. The number of carbonyl (C=O) groups excluding carboxylic acids is 2. The predicted molar refractivity (Wildman–Crippen MR) is 148 cm³/mol. The van der Waals surface area contributed by atoms with Gasteiger partial charge in [-0.3, -0.25) is 9.52 Å². The molecule has 7 nitrogen and oxygen atoms in total. The monoisotopic (exact) mass is 550 g/mol. The molecular formula is C29H27ClN2O5S. The van der Waals surface area contributed by atoms with Crippen LogP contribution in [0.2, 0.25) is 5.02 Å². The van der Waals surface area contributed by atoms with E-state index in [-0.39, 0.29) is 16.2 Å². The van der Waals surface area contributed by atoms with Gasteiger partial charge >= 0.3 is 5.97 Å². The maximum Gasteiger partial charge on any atom is 0.338 e. The van der Waals surface area contributed by atoms with Crippen LogP contribution in [0.5, 0.6) is 0 Å². The summed E-state index contributed by atoms with van der Waals surface area (Å²) in [6.45, 7) is 7.09. The van der Waals surface area contributed by atoms with Crippen LogP contribution in [0.15, 0.2) is 83.8 Å². The lowest BCUT2D eigenvalue weighted by molar-refractivity contribution is 0.0318. The molecule has 3 aromatic carbocycles. The van der Waals surface area contributed by atoms with Gasteiger partial charge < -0.3 is 9.30 Å². The molecular weight excluding hydrogens is 524 g/mol. The molecule has 0 saturated heterocycles. The Kier molecular flexibility index (Phi) is 7.76. The van der Waals surface area contributed by atoms with Gasteiger partial charge in [0.2, 0.25) is 5.78 Å². The SMILES string of the molecule is Cc1ccc(NS(=O)(=O)c2cccc(C(=O)O[C@@H](C)C(=O)c3cc(C)n(-c4ccc(Cl)cc4)c3C)c2)cc1. The molecule has 0 fully saturated rings. The van der Waals surface area contributed by atoms with E-state index in [0.29, 0.717) is 22.0 Å². The van der Waals surface area contributed by atoms with Crippen molar-refractivity contribution >= 4 is 39.1 Å². The highest BCUT2D eigenvalue weighted by Gasteiger charge is 2.25. The van der Waals surface area contributed by atoms with Crippen molar-refractivity contribution in [2.45, 2.75) is 38.7 Å². The van der Waals surface area contributed by atoms with Gasteiger partial charge in [-0.2, -0.15) is 0 Å². The fourth-order valence-electron chi connectivity index (χ4n) is 4.13. The van der Waals surface area contributed by atoms with Gasteiger partial charge in [0, 0.05) is 33.3 Å². The summed E-state index contributed by atoms with van der Waals surface area (Å²) in [6.07, 6.45) is -1.09. The predicted octanol–water partition coefficient (Wildman–Crippen LogP) is 6.28. The molecule has 38 heavy (non-hydrogen) atoms. The second-order valence-corrected chi connectivity index (χ2v) is 11.1. The number of halogens is 1. The van der Waals surface area contributed by atoms with E-state index >= 15 is 0 Å². The van der Waals surface area contributed by atoms with Crippen LogP contribution in [0.1, 0.15) is 44.6 Å². The number of aromatic nitrogens is 1. The zero-order valence-electron chi connectivity index (χ0n) is 21.4. The molecule has 9 heteroatoms. The van der Waals surface area contributed by atoms with Crippen LogP contribution < -0.4 is 4.72 Å². The van der Waals surface area contributed by atoms with Gasteiger partial charge in [0.05, 0.1) is 10.5 Å². The molecule has 0 spiro atoms. The zero-order chi connectivity index (χ0) is 27.6. The second-order valence-electron chi connectivity index (χ2n) is 9.01. The third kappa shape index (κ3) is 5.82. The highest BCUT2D eigenvalue weighted by molar-refractivity contribution is 7.92. The number of sulfonamides is 1. The van der Waals surface area contributed by atoms with Crippen LogP contribution in [-0.4, -0.2) is 30.8 Å². The van der Waals surface area contributed by atoms with E-state index in [1.54, 1.807) is 42.5 Å². The highest BCUT2D eigenvalue weighted by Crippen LogP contribution is 2.24. The van der Waals surface area contributed by atoms with Crippen molar-refractivity contribution in [1.82, 2.24) is 4.57 Å². The number of ether oxygens (including phenoxy) is 1. The molecule has 4 rings (SSSR count). The highest BCUT2D eigenvalue weighted by atomic mass is 35.5. The first-order chi connectivity index (χ1) is 18.0. The second kappa shape index (κ2) is 10.8. The maximum atomic E-state index is 13.2. The number of esters is 1. The number of nitrogens with one attached hydrogen (secondary N) is 1. The molecule has 1 atom stereocenters. The van der Waals surface area contributed by atoms with E-state index < -0.39 is 22.1 Å². The van der Waals surface area contributed by atoms with Gasteiger partial charge in [0.25, 0.3) is 10.0 Å². The molecule has 0 aliphatic heterocycles. The Labute approximate surface area is 227 Å². The molecule has 0 bridgehead atoms. The van der Waals surface area contributed by atoms with E-state index in [9.17, 15) is 18.0 Å². The molecule has 0 unspecified atom stereocenters. The van der Waals surface area contributed by atoms with Crippen LogP contribution in [0.25, 0.3) is 5.69 Å². The van der Waals surface area contributed by atoms with Crippen molar-refractivity contribution in [1.29, 1.82) is 0 Å². The number of ketones is 1. The first kappa shape index (κ1) is 27.2. The zero-order valence-corrected chi connectivity index (χ0v) is 22.9. The van der Waals surface area contributed by atoms with Gasteiger partial charge in [-0.05, 0) is 88.4 Å². The summed E-state index contributed by atoms with van der Waals surface area (Å²) in [7, 11) is -3.94. The smallest absolute Gasteiger partial charge is 0.338 e. The summed E-state index contributed by atoms with van der Waals surface area (Å²) in [5.41, 5.74) is 4.23. The summed E-state index contributed by atoms with van der Waals surface area (Å²) in [6, 6.07) is 21.4. The first-order valence-electron chi connectivity index (χ1n) is 11.9. The molecule has 0 radical (unpaired) electrons. The lowest BCUT2D eigenvalue weighted by atomic mass is 10.1. The van der Waals surface area contributed by atoms with E-state index in [4.69, 9.17) is 16.3 Å². The Balaban J connectivity index is 1.50. The lowest BCUT2D eigenvalue weighted by Crippen LogP contribution is -2.25. The average molecular weight is 551 g/mol. The van der Waals surface area contributed by atoms with Crippen molar-refractivity contribution in [3.05, 3.63) is 112 Å². The van der Waals surface area contributed by atoms with Crippen molar-refractivity contribution in [2.24, 2.45) is 0 Å². The Morgan fingerprint density at radius 3 is 2.24 bits per heavy atom. The summed E-state index contributed by atoms with van der Waals surface area (Å²) in [5.74, 6) is -1.17. The normalized spacial score (nSPS) is 12.1. The molecule has 196 valence electrons. The third-order valence-electron chi connectivity index (χ3n) is 6.12. The summed E-state index contributed by atoms with van der Waals surface area (Å²) >= 11 is 6.00. The minimum Gasteiger partial charge on any atom is -0.451 e. The summed E-state index contributed by atoms with van der Waals surface area (Å²) in [4.78, 5) is 26.0. The van der Waals surface area contributed by atoms with Crippen LogP contribution in [0, 0.1) is 20.8 Å². The number of aryl methyl sites for hydroxylation is 2. The number of Topliss-reactive ketones (excluding diaryl/α,β-unsaturated/α-hetero) is 1. The van der Waals surface area contributed by atoms with Crippen molar-refractivity contribution < 1.29 is 22.7 Å². The minimum atomic E-state index is -3.94. The van der Waals surface area contributed by atoms with E-state index in [0.717, 1.165) is 16.9 Å². The fourth-order valence-corrected chi connectivity index (χ4v) is 5.36. The maximum absolute atomic E-state index is 13.2. The third-order valence-corrected chi connectivity index (χ3v) is 7.75. The van der Waals surface area contributed by atoms with Gasteiger partial charge in [0.15, 0.2) is 6.10 Å². The van der Waals surface area contributed by atoms with Crippen LogP contribution in [0.4, 0.5) is 5.69 Å². The van der Waals surface area contributed by atoms with Crippen molar-refractivity contribution in [2.75, 3.05) is 4.72 Å². The van der Waals surface area contributed by atoms with Gasteiger partial charge in [0.1, 0.15) is 0 Å². The van der Waals surface area contributed by atoms with E-state index in [1.165, 1.54) is 31.2 Å². The Morgan fingerprint density at radius 2 is 1.58 bits per heavy atom. The topological polar surface area (TPSA) is 94.5 Å². The lowest BCUT2D eigenvalue weighted by Gasteiger charge is -2.14. The number of anilines is 1. The molecule has 0 amide bonds. The van der Waals surface area contributed by atoms with Crippen LogP contribution >= 0.6 is 11.6 Å². The quantitative estimate of drug-likeness (QED) is 0.206. The standard InChI is InChI=1S/C29H27ClN2O5S/c1-18-8-12-24(13-9-18)31-38(35,36)26-7-5-6-22(17-26)29(34)37-21(4)28(33)27-16-19(2)32(20(27)3)25-14-10-23(30)11-15-25/h5-17,21,31H,1-4H3/t21-/m0/s1. The number of nitrogens with zero attached hydrogens (tertiary/aromatic N) is 1. The number of hydrogen-bond acceptors (Lipinski definition) is 5. The van der Waals surface area contributed by atoms with Crippen LogP contribution in [0.3, 0.4) is 0 Å². The number of hydrogen-bond donors (Lipinski definition) is 1. The van der Waals surface area contributed by atoms with Crippen molar-refractivity contribution in [3.8, 4) is 5.69 Å². The number of rotatable bonds is 8. The summed E-state index contributed by atoms with van der Waals surface area (Å²) in [5, 5.41) is 0.607.